The number of morpholine rings is 1. The summed E-state index contributed by atoms with van der Waals surface area (Å²) in [5.74, 6) is 1.05. The molecule has 2 heterocycles. The summed E-state index contributed by atoms with van der Waals surface area (Å²) in [6.45, 7) is 5.33. The van der Waals surface area contributed by atoms with Crippen molar-refractivity contribution < 1.29 is 9.53 Å². The van der Waals surface area contributed by atoms with Crippen LogP contribution in [0.4, 0.5) is 11.4 Å². The molecular formula is C16H21N5O2S. The summed E-state index contributed by atoms with van der Waals surface area (Å²) in [4.78, 5) is 18.6. The van der Waals surface area contributed by atoms with E-state index >= 15 is 0 Å². The molecule has 1 aromatic carbocycles. The SMILES string of the molecule is CCc1nc(SCC(=O)Nc2ccc(N3CCOCC3)cc2)n[nH]1. The van der Waals surface area contributed by atoms with Crippen LogP contribution in [-0.4, -0.2) is 53.1 Å². The minimum Gasteiger partial charge on any atom is -0.378 e. The smallest absolute Gasteiger partial charge is 0.234 e. The highest BCUT2D eigenvalue weighted by molar-refractivity contribution is 7.99. The number of carbonyl (C=O) groups is 1. The number of nitrogens with zero attached hydrogens (tertiary/aromatic N) is 3. The summed E-state index contributed by atoms with van der Waals surface area (Å²) in [7, 11) is 0. The molecule has 2 aromatic rings. The van der Waals surface area contributed by atoms with Crippen LogP contribution in [0.25, 0.3) is 0 Å². The van der Waals surface area contributed by atoms with Gasteiger partial charge in [-0.15, -0.1) is 5.10 Å². The van der Waals surface area contributed by atoms with Gasteiger partial charge in [0.1, 0.15) is 5.82 Å². The van der Waals surface area contributed by atoms with Gasteiger partial charge in [-0.3, -0.25) is 9.89 Å². The van der Waals surface area contributed by atoms with Crippen LogP contribution in [0.1, 0.15) is 12.7 Å². The molecule has 1 aliphatic heterocycles. The third-order valence-electron chi connectivity index (χ3n) is 3.71. The number of ether oxygens (including phenoxy) is 1. The van der Waals surface area contributed by atoms with Crippen LogP contribution in [-0.2, 0) is 16.0 Å². The molecular weight excluding hydrogens is 326 g/mol. The van der Waals surface area contributed by atoms with E-state index in [1.54, 1.807) is 0 Å². The van der Waals surface area contributed by atoms with Crippen molar-refractivity contribution in [3.63, 3.8) is 0 Å². The fourth-order valence-corrected chi connectivity index (χ4v) is 3.02. The quantitative estimate of drug-likeness (QED) is 0.777. The van der Waals surface area contributed by atoms with Gasteiger partial charge in [0.15, 0.2) is 0 Å². The van der Waals surface area contributed by atoms with Gasteiger partial charge in [-0.25, -0.2) is 4.98 Å². The lowest BCUT2D eigenvalue weighted by Crippen LogP contribution is -2.36. The lowest BCUT2D eigenvalue weighted by molar-refractivity contribution is -0.113. The molecule has 8 heteroatoms. The maximum absolute atomic E-state index is 12.0. The van der Waals surface area contributed by atoms with Crippen LogP contribution < -0.4 is 10.2 Å². The second kappa shape index (κ2) is 8.16. The molecule has 0 aliphatic carbocycles. The highest BCUT2D eigenvalue weighted by Gasteiger charge is 2.11. The second-order valence-corrected chi connectivity index (χ2v) is 6.34. The number of aromatic amines is 1. The Balaban J connectivity index is 1.48. The molecule has 0 atom stereocenters. The molecule has 0 saturated carbocycles. The van der Waals surface area contributed by atoms with E-state index in [0.29, 0.717) is 5.16 Å². The molecule has 3 rings (SSSR count). The van der Waals surface area contributed by atoms with Gasteiger partial charge in [-0.1, -0.05) is 18.7 Å². The molecule has 1 saturated heterocycles. The minimum absolute atomic E-state index is 0.0676. The Hall–Kier alpha value is -2.06. The van der Waals surface area contributed by atoms with Crippen LogP contribution in [0.15, 0.2) is 29.4 Å². The topological polar surface area (TPSA) is 83.1 Å². The van der Waals surface area contributed by atoms with Gasteiger partial charge >= 0.3 is 0 Å². The fourth-order valence-electron chi connectivity index (χ4n) is 2.40. The number of H-pyrrole nitrogens is 1. The number of aryl methyl sites for hydroxylation is 1. The monoisotopic (exact) mass is 347 g/mol. The highest BCUT2D eigenvalue weighted by atomic mass is 32.2. The van der Waals surface area contributed by atoms with E-state index in [4.69, 9.17) is 4.74 Å². The largest absolute Gasteiger partial charge is 0.378 e. The summed E-state index contributed by atoms with van der Waals surface area (Å²) in [6.07, 6.45) is 0.801. The van der Waals surface area contributed by atoms with E-state index in [9.17, 15) is 4.79 Å². The van der Waals surface area contributed by atoms with Crippen molar-refractivity contribution >= 4 is 29.0 Å². The Morgan fingerprint density at radius 1 is 1.33 bits per heavy atom. The molecule has 2 N–H and O–H groups in total. The first-order valence-corrected chi connectivity index (χ1v) is 9.00. The number of benzene rings is 1. The van der Waals surface area contributed by atoms with Gasteiger partial charge in [0.25, 0.3) is 0 Å². The Morgan fingerprint density at radius 3 is 2.75 bits per heavy atom. The van der Waals surface area contributed by atoms with Crippen molar-refractivity contribution in [1.82, 2.24) is 15.2 Å². The number of hydrogen-bond acceptors (Lipinski definition) is 6. The minimum atomic E-state index is -0.0676. The van der Waals surface area contributed by atoms with Crippen molar-refractivity contribution in [3.8, 4) is 0 Å². The average Bonchev–Trinajstić information content (AvgIpc) is 3.10. The zero-order valence-corrected chi connectivity index (χ0v) is 14.4. The number of aromatic nitrogens is 3. The van der Waals surface area contributed by atoms with Gasteiger partial charge < -0.3 is 15.0 Å². The van der Waals surface area contributed by atoms with Gasteiger partial charge in [0.2, 0.25) is 11.1 Å². The number of carbonyl (C=O) groups excluding carboxylic acids is 1. The predicted octanol–water partition coefficient (Wildman–Crippen LogP) is 1.93. The molecule has 1 aliphatic rings. The number of hydrogen-bond donors (Lipinski definition) is 2. The molecule has 0 spiro atoms. The van der Waals surface area contributed by atoms with Gasteiger partial charge in [0, 0.05) is 30.9 Å². The van der Waals surface area contributed by atoms with Gasteiger partial charge in [-0.2, -0.15) is 0 Å². The summed E-state index contributed by atoms with van der Waals surface area (Å²) in [5.41, 5.74) is 1.94. The van der Waals surface area contributed by atoms with E-state index in [1.165, 1.54) is 11.8 Å². The van der Waals surface area contributed by atoms with Crippen LogP contribution in [0.5, 0.6) is 0 Å². The number of thioether (sulfide) groups is 1. The van der Waals surface area contributed by atoms with Crippen molar-refractivity contribution in [2.45, 2.75) is 18.5 Å². The van der Waals surface area contributed by atoms with Gasteiger partial charge in [-0.05, 0) is 24.3 Å². The molecule has 1 aromatic heterocycles. The molecule has 1 fully saturated rings. The van der Waals surface area contributed by atoms with Crippen molar-refractivity contribution in [2.75, 3.05) is 42.3 Å². The Labute approximate surface area is 145 Å². The van der Waals surface area contributed by atoms with Crippen LogP contribution >= 0.6 is 11.8 Å². The van der Waals surface area contributed by atoms with Crippen molar-refractivity contribution in [3.05, 3.63) is 30.1 Å². The maximum atomic E-state index is 12.0. The van der Waals surface area contributed by atoms with Crippen molar-refractivity contribution in [2.24, 2.45) is 0 Å². The average molecular weight is 347 g/mol. The molecule has 0 unspecified atom stereocenters. The van der Waals surface area contributed by atoms with Crippen LogP contribution in [0.3, 0.4) is 0 Å². The van der Waals surface area contributed by atoms with E-state index in [0.717, 1.165) is 49.9 Å². The first kappa shape index (κ1) is 16.8. The highest BCUT2D eigenvalue weighted by Crippen LogP contribution is 2.19. The molecule has 1 amide bonds. The fraction of sp³-hybridized carbons (Fsp3) is 0.438. The summed E-state index contributed by atoms with van der Waals surface area (Å²) < 4.78 is 5.36. The number of anilines is 2. The molecule has 0 bridgehead atoms. The van der Waals surface area contributed by atoms with Crippen molar-refractivity contribution in [1.29, 1.82) is 0 Å². The van der Waals surface area contributed by atoms with Crippen LogP contribution in [0, 0.1) is 0 Å². The van der Waals surface area contributed by atoms with E-state index < -0.39 is 0 Å². The first-order valence-electron chi connectivity index (χ1n) is 8.01. The van der Waals surface area contributed by atoms with E-state index in [-0.39, 0.29) is 11.7 Å². The summed E-state index contributed by atoms with van der Waals surface area (Å²) in [5, 5.41) is 10.4. The third kappa shape index (κ3) is 4.48. The number of nitrogens with one attached hydrogen (secondary N) is 2. The zero-order chi connectivity index (χ0) is 16.8. The second-order valence-electron chi connectivity index (χ2n) is 5.40. The number of rotatable bonds is 6. The third-order valence-corrected chi connectivity index (χ3v) is 4.55. The molecule has 24 heavy (non-hydrogen) atoms. The zero-order valence-electron chi connectivity index (χ0n) is 13.6. The maximum Gasteiger partial charge on any atom is 0.234 e. The lowest BCUT2D eigenvalue weighted by Gasteiger charge is -2.28. The Morgan fingerprint density at radius 2 is 2.08 bits per heavy atom. The summed E-state index contributed by atoms with van der Waals surface area (Å²) >= 11 is 1.32. The molecule has 7 nitrogen and oxygen atoms in total. The first-order chi connectivity index (χ1) is 11.7. The lowest BCUT2D eigenvalue weighted by atomic mass is 10.2. The Bertz CT molecular complexity index is 667. The van der Waals surface area contributed by atoms with E-state index in [2.05, 4.69) is 25.4 Å². The Kier molecular flexibility index (Phi) is 5.71. The van der Waals surface area contributed by atoms with Crippen LogP contribution in [0.2, 0.25) is 0 Å². The van der Waals surface area contributed by atoms with Gasteiger partial charge in [0.05, 0.1) is 19.0 Å². The number of amides is 1. The molecule has 0 radical (unpaired) electrons. The van der Waals surface area contributed by atoms with E-state index in [1.807, 2.05) is 31.2 Å². The predicted molar refractivity (Wildman–Crippen MR) is 94.6 cm³/mol. The standard InChI is InChI=1S/C16H21N5O2S/c1-2-14-18-16(20-19-14)24-11-15(22)17-12-3-5-13(6-4-12)21-7-9-23-10-8-21/h3-6H,2,7-11H2,1H3,(H,17,22)(H,18,19,20). The molecule has 128 valence electrons. The normalized spacial score (nSPS) is 14.6. The summed E-state index contributed by atoms with van der Waals surface area (Å²) in [6, 6.07) is 7.90.